The van der Waals surface area contributed by atoms with Crippen LogP contribution in [0.25, 0.3) is 0 Å². The predicted octanol–water partition coefficient (Wildman–Crippen LogP) is 2.32. The summed E-state index contributed by atoms with van der Waals surface area (Å²) in [4.78, 5) is 0. The molecule has 0 unspecified atom stereocenters. The number of alkyl halides is 1. The van der Waals surface area contributed by atoms with E-state index in [1.54, 1.807) is 0 Å². The standard InChI is InChI=1S/C9H15ClO2/c10-6-2-4-8-12-9-5-1-3-7-11-9/h2,4,9H,1,3,5-8H2/b4-2-/t9-/m1/s1. The van der Waals surface area contributed by atoms with Crippen molar-refractivity contribution >= 4 is 11.6 Å². The Morgan fingerprint density at radius 2 is 2.33 bits per heavy atom. The molecule has 0 aromatic carbocycles. The van der Waals surface area contributed by atoms with Crippen molar-refractivity contribution in [3.05, 3.63) is 12.2 Å². The second-order valence-electron chi connectivity index (χ2n) is 2.76. The summed E-state index contributed by atoms with van der Waals surface area (Å²) >= 11 is 5.45. The summed E-state index contributed by atoms with van der Waals surface area (Å²) in [5, 5.41) is 0. The van der Waals surface area contributed by atoms with Gasteiger partial charge in [0.2, 0.25) is 0 Å². The van der Waals surface area contributed by atoms with E-state index in [2.05, 4.69) is 0 Å². The van der Waals surface area contributed by atoms with Crippen LogP contribution in [0, 0.1) is 0 Å². The molecule has 1 saturated heterocycles. The maximum Gasteiger partial charge on any atom is 0.157 e. The molecule has 0 radical (unpaired) electrons. The summed E-state index contributed by atoms with van der Waals surface area (Å²) in [7, 11) is 0. The maximum absolute atomic E-state index is 5.45. The van der Waals surface area contributed by atoms with E-state index in [0.29, 0.717) is 12.5 Å². The number of hydrogen-bond donors (Lipinski definition) is 0. The van der Waals surface area contributed by atoms with Gasteiger partial charge in [-0.25, -0.2) is 0 Å². The second kappa shape index (κ2) is 6.46. The molecule has 1 rings (SSSR count). The number of allylic oxidation sites excluding steroid dienone is 1. The molecular formula is C9H15ClO2. The van der Waals surface area contributed by atoms with Gasteiger partial charge in [0.15, 0.2) is 6.29 Å². The first-order valence-electron chi connectivity index (χ1n) is 4.37. The fourth-order valence-electron chi connectivity index (χ4n) is 1.14. The molecule has 1 heterocycles. The molecule has 0 aliphatic carbocycles. The third kappa shape index (κ3) is 4.10. The van der Waals surface area contributed by atoms with Crippen LogP contribution in [-0.4, -0.2) is 25.4 Å². The van der Waals surface area contributed by atoms with Crippen LogP contribution in [0.1, 0.15) is 19.3 Å². The van der Waals surface area contributed by atoms with Gasteiger partial charge in [-0.2, -0.15) is 0 Å². The average Bonchev–Trinajstić information content (AvgIpc) is 2.14. The SMILES string of the molecule is ClC/C=C\CO[C@@H]1CCCCO1. The molecule has 2 nitrogen and oxygen atoms in total. The molecule has 0 saturated carbocycles. The third-order valence-electron chi connectivity index (χ3n) is 1.77. The lowest BCUT2D eigenvalue weighted by Crippen LogP contribution is -2.22. The van der Waals surface area contributed by atoms with Crippen LogP contribution in [0.2, 0.25) is 0 Å². The van der Waals surface area contributed by atoms with Gasteiger partial charge in [0.05, 0.1) is 6.61 Å². The number of ether oxygens (including phenoxy) is 2. The zero-order valence-corrected chi connectivity index (χ0v) is 7.93. The normalized spacial score (nSPS) is 24.9. The molecule has 1 atom stereocenters. The Bertz CT molecular complexity index is 130. The fourth-order valence-corrected chi connectivity index (χ4v) is 1.26. The van der Waals surface area contributed by atoms with E-state index in [-0.39, 0.29) is 6.29 Å². The predicted molar refractivity (Wildman–Crippen MR) is 49.4 cm³/mol. The minimum atomic E-state index is 0.0127. The first-order chi connectivity index (χ1) is 5.93. The van der Waals surface area contributed by atoms with Crippen molar-refractivity contribution in [2.24, 2.45) is 0 Å². The molecule has 0 spiro atoms. The maximum atomic E-state index is 5.45. The number of halogens is 1. The summed E-state index contributed by atoms with van der Waals surface area (Å²) < 4.78 is 10.8. The van der Waals surface area contributed by atoms with E-state index in [1.807, 2.05) is 12.2 Å². The topological polar surface area (TPSA) is 18.5 Å². The Balaban J connectivity index is 2.01. The highest BCUT2D eigenvalue weighted by molar-refractivity contribution is 6.18. The van der Waals surface area contributed by atoms with Crippen LogP contribution in [-0.2, 0) is 9.47 Å². The van der Waals surface area contributed by atoms with Crippen molar-refractivity contribution < 1.29 is 9.47 Å². The van der Waals surface area contributed by atoms with Crippen LogP contribution >= 0.6 is 11.6 Å². The Morgan fingerprint density at radius 3 is 3.00 bits per heavy atom. The molecule has 0 aromatic heterocycles. The zero-order chi connectivity index (χ0) is 8.65. The highest BCUT2D eigenvalue weighted by atomic mass is 35.5. The Morgan fingerprint density at radius 1 is 1.42 bits per heavy atom. The lowest BCUT2D eigenvalue weighted by Gasteiger charge is -2.21. The van der Waals surface area contributed by atoms with E-state index in [9.17, 15) is 0 Å². The van der Waals surface area contributed by atoms with Crippen molar-refractivity contribution in [2.75, 3.05) is 19.1 Å². The smallest absolute Gasteiger partial charge is 0.157 e. The van der Waals surface area contributed by atoms with Gasteiger partial charge < -0.3 is 9.47 Å². The average molecular weight is 191 g/mol. The van der Waals surface area contributed by atoms with Crippen LogP contribution in [0.3, 0.4) is 0 Å². The van der Waals surface area contributed by atoms with Gasteiger partial charge >= 0.3 is 0 Å². The molecular weight excluding hydrogens is 176 g/mol. The van der Waals surface area contributed by atoms with E-state index in [4.69, 9.17) is 21.1 Å². The quantitative estimate of drug-likeness (QED) is 0.501. The van der Waals surface area contributed by atoms with E-state index in [1.165, 1.54) is 6.42 Å². The minimum Gasteiger partial charge on any atom is -0.353 e. The summed E-state index contributed by atoms with van der Waals surface area (Å²) in [5.41, 5.74) is 0. The van der Waals surface area contributed by atoms with Gasteiger partial charge in [-0.3, -0.25) is 0 Å². The molecule has 0 N–H and O–H groups in total. The number of rotatable bonds is 4. The van der Waals surface area contributed by atoms with Crippen LogP contribution in [0.15, 0.2) is 12.2 Å². The summed E-state index contributed by atoms with van der Waals surface area (Å²) in [6.07, 6.45) is 7.21. The van der Waals surface area contributed by atoms with Gasteiger partial charge in [-0.15, -0.1) is 11.6 Å². The van der Waals surface area contributed by atoms with Crippen molar-refractivity contribution in [2.45, 2.75) is 25.6 Å². The molecule has 1 aliphatic heterocycles. The number of hydrogen-bond acceptors (Lipinski definition) is 2. The molecule has 3 heteroatoms. The lowest BCUT2D eigenvalue weighted by atomic mass is 10.2. The van der Waals surface area contributed by atoms with Crippen LogP contribution < -0.4 is 0 Å². The van der Waals surface area contributed by atoms with Crippen molar-refractivity contribution in [3.8, 4) is 0 Å². The molecule has 0 aromatic rings. The molecule has 70 valence electrons. The zero-order valence-electron chi connectivity index (χ0n) is 7.17. The Labute approximate surface area is 78.5 Å². The molecule has 0 bridgehead atoms. The van der Waals surface area contributed by atoms with Gasteiger partial charge in [-0.1, -0.05) is 12.2 Å². The van der Waals surface area contributed by atoms with Crippen molar-refractivity contribution in [1.82, 2.24) is 0 Å². The summed E-state index contributed by atoms with van der Waals surface area (Å²) in [6, 6.07) is 0. The Kier molecular flexibility index (Phi) is 5.41. The third-order valence-corrected chi connectivity index (χ3v) is 1.95. The highest BCUT2D eigenvalue weighted by Crippen LogP contribution is 2.13. The van der Waals surface area contributed by atoms with Crippen molar-refractivity contribution in [1.29, 1.82) is 0 Å². The first-order valence-corrected chi connectivity index (χ1v) is 4.91. The molecule has 12 heavy (non-hydrogen) atoms. The van der Waals surface area contributed by atoms with Gasteiger partial charge in [0.25, 0.3) is 0 Å². The summed E-state index contributed by atoms with van der Waals surface area (Å²) in [5.74, 6) is 0.550. The lowest BCUT2D eigenvalue weighted by molar-refractivity contribution is -0.155. The monoisotopic (exact) mass is 190 g/mol. The second-order valence-corrected chi connectivity index (χ2v) is 3.06. The van der Waals surface area contributed by atoms with Crippen LogP contribution in [0.5, 0.6) is 0 Å². The summed E-state index contributed by atoms with van der Waals surface area (Å²) in [6.45, 7) is 1.45. The van der Waals surface area contributed by atoms with E-state index < -0.39 is 0 Å². The molecule has 1 aliphatic rings. The molecule has 0 amide bonds. The van der Waals surface area contributed by atoms with Gasteiger partial charge in [-0.05, 0) is 19.3 Å². The van der Waals surface area contributed by atoms with Crippen molar-refractivity contribution in [3.63, 3.8) is 0 Å². The van der Waals surface area contributed by atoms with E-state index >= 15 is 0 Å². The molecule has 1 fully saturated rings. The minimum absolute atomic E-state index is 0.0127. The van der Waals surface area contributed by atoms with Gasteiger partial charge in [0.1, 0.15) is 0 Å². The van der Waals surface area contributed by atoms with Gasteiger partial charge in [0, 0.05) is 12.5 Å². The van der Waals surface area contributed by atoms with E-state index in [0.717, 1.165) is 19.4 Å². The van der Waals surface area contributed by atoms with Crippen LogP contribution in [0.4, 0.5) is 0 Å². The fraction of sp³-hybridized carbons (Fsp3) is 0.778. The largest absolute Gasteiger partial charge is 0.353 e. The Hall–Kier alpha value is -0.0500. The first kappa shape index (κ1) is 10.0. The highest BCUT2D eigenvalue weighted by Gasteiger charge is 2.12.